The molecule has 1 saturated heterocycles. The third kappa shape index (κ3) is 4.87. The van der Waals surface area contributed by atoms with Gasteiger partial charge in [-0.3, -0.25) is 9.78 Å². The van der Waals surface area contributed by atoms with Crippen molar-refractivity contribution in [2.75, 3.05) is 6.61 Å². The number of pyridine rings is 1. The Labute approximate surface area is 161 Å². The molecule has 1 fully saturated rings. The topological polar surface area (TPSA) is 51.2 Å². The number of nitrogens with zero attached hydrogens (tertiary/aromatic N) is 1. The lowest BCUT2D eigenvalue weighted by Crippen LogP contribution is -2.34. The summed E-state index contributed by atoms with van der Waals surface area (Å²) in [7, 11) is 0. The number of carbonyl (C=O) groups excluding carboxylic acids is 1. The zero-order valence-electron chi connectivity index (χ0n) is 14.9. The van der Waals surface area contributed by atoms with E-state index in [9.17, 15) is 31.1 Å². The van der Waals surface area contributed by atoms with Crippen molar-refractivity contribution in [1.29, 1.82) is 0 Å². The Morgan fingerprint density at radius 3 is 2.31 bits per heavy atom. The molecule has 1 aliphatic rings. The Kier molecular flexibility index (Phi) is 5.83. The molecule has 3 rings (SSSR count). The van der Waals surface area contributed by atoms with Gasteiger partial charge >= 0.3 is 12.4 Å². The average Bonchev–Trinajstić information content (AvgIpc) is 3.19. The van der Waals surface area contributed by atoms with Crippen molar-refractivity contribution in [2.24, 2.45) is 0 Å². The first-order valence-corrected chi connectivity index (χ1v) is 8.69. The van der Waals surface area contributed by atoms with E-state index in [1.165, 1.54) is 0 Å². The molecule has 1 atom stereocenters. The van der Waals surface area contributed by atoms with Crippen molar-refractivity contribution in [3.05, 3.63) is 53.3 Å². The van der Waals surface area contributed by atoms with Crippen LogP contribution in [0.5, 0.6) is 0 Å². The quantitative estimate of drug-likeness (QED) is 0.740. The molecule has 2 heterocycles. The minimum Gasteiger partial charge on any atom is -0.368 e. The van der Waals surface area contributed by atoms with E-state index in [0.29, 0.717) is 19.4 Å². The predicted octanol–water partition coefficient (Wildman–Crippen LogP) is 4.58. The van der Waals surface area contributed by atoms with Crippen LogP contribution in [0.25, 0.3) is 11.1 Å². The number of hydrogen-bond acceptors (Lipinski definition) is 3. The molecule has 0 bridgehead atoms. The van der Waals surface area contributed by atoms with E-state index < -0.39 is 47.7 Å². The number of aromatic nitrogens is 1. The van der Waals surface area contributed by atoms with Crippen molar-refractivity contribution in [3.63, 3.8) is 0 Å². The van der Waals surface area contributed by atoms with Crippen molar-refractivity contribution >= 4 is 5.91 Å². The molecule has 10 heteroatoms. The van der Waals surface area contributed by atoms with E-state index in [1.54, 1.807) is 0 Å². The molecule has 2 aromatic rings. The number of alkyl halides is 6. The molecule has 0 aliphatic carbocycles. The first kappa shape index (κ1) is 21.1. The van der Waals surface area contributed by atoms with E-state index in [2.05, 4.69) is 10.3 Å². The third-order valence-corrected chi connectivity index (χ3v) is 4.49. The molecule has 0 saturated carbocycles. The minimum atomic E-state index is -4.82. The average molecular weight is 418 g/mol. The van der Waals surface area contributed by atoms with Crippen LogP contribution in [0.4, 0.5) is 26.3 Å². The second-order valence-electron chi connectivity index (χ2n) is 6.47. The summed E-state index contributed by atoms with van der Waals surface area (Å²) in [4.78, 5) is 15.7. The number of halogens is 6. The van der Waals surface area contributed by atoms with E-state index in [4.69, 9.17) is 4.74 Å². The molecular formula is C19H16F6N2O2. The first-order chi connectivity index (χ1) is 13.6. The highest BCUT2D eigenvalue weighted by molar-refractivity contribution is 5.81. The Morgan fingerprint density at radius 1 is 1.07 bits per heavy atom. The third-order valence-electron chi connectivity index (χ3n) is 4.49. The molecule has 0 radical (unpaired) electrons. The van der Waals surface area contributed by atoms with Gasteiger partial charge in [0.1, 0.15) is 6.10 Å². The van der Waals surface area contributed by atoms with Crippen LogP contribution in [0, 0.1) is 0 Å². The van der Waals surface area contributed by atoms with Crippen LogP contribution < -0.4 is 5.32 Å². The fourth-order valence-electron chi connectivity index (χ4n) is 3.10. The number of rotatable bonds is 4. The Morgan fingerprint density at radius 2 is 1.76 bits per heavy atom. The Balaban J connectivity index is 1.91. The summed E-state index contributed by atoms with van der Waals surface area (Å²) in [6, 6.07) is 4.46. The summed E-state index contributed by atoms with van der Waals surface area (Å²) in [5, 5.41) is 2.39. The van der Waals surface area contributed by atoms with Gasteiger partial charge in [-0.1, -0.05) is 12.1 Å². The standard InChI is InChI=1S/C19H16F6N2O2/c20-18(21,22)12-5-3-11(4-6-12)13-7-8-26-14(16(13)19(23,24)25)10-27-17(28)15-2-1-9-29-15/h3-8,15H,1-2,9-10H2,(H,27,28)/t15-/m0/s1. The number of nitrogens with one attached hydrogen (secondary N) is 1. The van der Waals surface area contributed by atoms with Gasteiger partial charge in [-0.15, -0.1) is 0 Å². The lowest BCUT2D eigenvalue weighted by atomic mass is 9.97. The maximum atomic E-state index is 13.7. The van der Waals surface area contributed by atoms with Crippen molar-refractivity contribution in [2.45, 2.75) is 37.8 Å². The molecule has 156 valence electrons. The summed E-state index contributed by atoms with van der Waals surface area (Å²) in [6.45, 7) is -0.0739. The van der Waals surface area contributed by atoms with Gasteiger partial charge in [-0.05, 0) is 42.2 Å². The number of benzene rings is 1. The van der Waals surface area contributed by atoms with Gasteiger partial charge in [0.15, 0.2) is 0 Å². The molecule has 1 amide bonds. The maximum absolute atomic E-state index is 13.7. The minimum absolute atomic E-state index is 0.0422. The number of amides is 1. The highest BCUT2D eigenvalue weighted by atomic mass is 19.4. The molecule has 1 aromatic heterocycles. The molecule has 0 unspecified atom stereocenters. The summed E-state index contributed by atoms with van der Waals surface area (Å²) >= 11 is 0. The van der Waals surface area contributed by atoms with Gasteiger partial charge in [-0.2, -0.15) is 26.3 Å². The second-order valence-corrected chi connectivity index (χ2v) is 6.47. The van der Waals surface area contributed by atoms with Crippen LogP contribution in [-0.4, -0.2) is 23.6 Å². The summed E-state index contributed by atoms with van der Waals surface area (Å²) in [5.74, 6) is -0.530. The molecule has 1 aliphatic heterocycles. The van der Waals surface area contributed by atoms with Crippen LogP contribution in [0.1, 0.15) is 29.7 Å². The van der Waals surface area contributed by atoms with Gasteiger partial charge < -0.3 is 10.1 Å². The molecule has 0 spiro atoms. The van der Waals surface area contributed by atoms with Crippen LogP contribution in [0.15, 0.2) is 36.5 Å². The molecule has 4 nitrogen and oxygen atoms in total. The molecule has 1 N–H and O–H groups in total. The van der Waals surface area contributed by atoms with Gasteiger partial charge in [0.25, 0.3) is 0 Å². The predicted molar refractivity (Wildman–Crippen MR) is 90.5 cm³/mol. The maximum Gasteiger partial charge on any atom is 0.418 e. The van der Waals surface area contributed by atoms with Gasteiger partial charge in [0.05, 0.1) is 23.4 Å². The first-order valence-electron chi connectivity index (χ1n) is 8.69. The number of carbonyl (C=O) groups is 1. The van der Waals surface area contributed by atoms with E-state index in [0.717, 1.165) is 36.5 Å². The van der Waals surface area contributed by atoms with Gasteiger partial charge in [-0.25, -0.2) is 0 Å². The Bertz CT molecular complexity index is 872. The Hall–Kier alpha value is -2.62. The van der Waals surface area contributed by atoms with E-state index >= 15 is 0 Å². The zero-order chi connectivity index (χ0) is 21.2. The number of hydrogen-bond donors (Lipinski definition) is 1. The van der Waals surface area contributed by atoms with E-state index in [1.807, 2.05) is 0 Å². The lowest BCUT2D eigenvalue weighted by Gasteiger charge is -2.18. The van der Waals surface area contributed by atoms with Crippen LogP contribution in [-0.2, 0) is 28.4 Å². The molecule has 1 aromatic carbocycles. The highest BCUT2D eigenvalue weighted by Gasteiger charge is 2.38. The van der Waals surface area contributed by atoms with Crippen LogP contribution in [0.3, 0.4) is 0 Å². The van der Waals surface area contributed by atoms with Crippen LogP contribution >= 0.6 is 0 Å². The largest absolute Gasteiger partial charge is 0.418 e. The summed E-state index contributed by atoms with van der Waals surface area (Å²) in [6.07, 6.45) is -7.83. The van der Waals surface area contributed by atoms with Crippen molar-refractivity contribution < 1.29 is 35.9 Å². The van der Waals surface area contributed by atoms with Crippen molar-refractivity contribution in [1.82, 2.24) is 10.3 Å². The number of ether oxygens (including phenoxy) is 1. The SMILES string of the molecule is O=C(NCc1nccc(-c2ccc(C(F)(F)F)cc2)c1C(F)(F)F)[C@@H]1CCCO1. The zero-order valence-corrected chi connectivity index (χ0v) is 14.9. The normalized spacial score (nSPS) is 17.4. The van der Waals surface area contributed by atoms with Gasteiger partial charge in [0.2, 0.25) is 5.91 Å². The smallest absolute Gasteiger partial charge is 0.368 e. The van der Waals surface area contributed by atoms with Crippen LogP contribution in [0.2, 0.25) is 0 Å². The lowest BCUT2D eigenvalue weighted by molar-refractivity contribution is -0.139. The fraction of sp³-hybridized carbons (Fsp3) is 0.368. The van der Waals surface area contributed by atoms with Crippen molar-refractivity contribution in [3.8, 4) is 11.1 Å². The van der Waals surface area contributed by atoms with Gasteiger partial charge in [0, 0.05) is 12.8 Å². The highest BCUT2D eigenvalue weighted by Crippen LogP contribution is 2.39. The summed E-state index contributed by atoms with van der Waals surface area (Å²) in [5.41, 5.74) is -2.86. The second kappa shape index (κ2) is 8.02. The summed E-state index contributed by atoms with van der Waals surface area (Å²) < 4.78 is 84.5. The monoisotopic (exact) mass is 418 g/mol. The molecule has 29 heavy (non-hydrogen) atoms. The van der Waals surface area contributed by atoms with E-state index in [-0.39, 0.29) is 11.1 Å². The molecular weight excluding hydrogens is 402 g/mol. The fourth-order valence-corrected chi connectivity index (χ4v) is 3.10.